The zero-order chi connectivity index (χ0) is 16.8. The Kier molecular flexibility index (Phi) is 5.71. The highest BCUT2D eigenvalue weighted by Crippen LogP contribution is 2.15. The molecule has 5 heteroatoms. The molecule has 23 heavy (non-hydrogen) atoms. The van der Waals surface area contributed by atoms with Crippen molar-refractivity contribution in [2.24, 2.45) is 5.10 Å². The van der Waals surface area contributed by atoms with E-state index in [1.54, 1.807) is 7.11 Å². The average molecular weight is 327 g/mol. The van der Waals surface area contributed by atoms with Crippen LogP contribution in [0.15, 0.2) is 47.6 Å². The third-order valence-corrected chi connectivity index (χ3v) is 3.79. The minimum absolute atomic E-state index is 0.443. The summed E-state index contributed by atoms with van der Waals surface area (Å²) in [5.41, 5.74) is 8.22. The van der Waals surface area contributed by atoms with Crippen molar-refractivity contribution in [1.29, 1.82) is 0 Å². The lowest BCUT2D eigenvalue weighted by Gasteiger charge is -2.09. The summed E-state index contributed by atoms with van der Waals surface area (Å²) < 4.78 is 5.12. The van der Waals surface area contributed by atoms with Gasteiger partial charge < -0.3 is 10.1 Å². The summed E-state index contributed by atoms with van der Waals surface area (Å²) in [5.74, 6) is 0.804. The van der Waals surface area contributed by atoms with Gasteiger partial charge in [-0.05, 0) is 80.0 Å². The average Bonchev–Trinajstić information content (AvgIpc) is 2.56. The molecule has 2 aromatic rings. The van der Waals surface area contributed by atoms with Crippen molar-refractivity contribution in [2.45, 2.75) is 20.8 Å². The summed E-state index contributed by atoms with van der Waals surface area (Å²) in [7, 11) is 1.64. The number of nitrogens with zero attached hydrogens (tertiary/aromatic N) is 1. The molecule has 0 radical (unpaired) electrons. The van der Waals surface area contributed by atoms with Gasteiger partial charge in [0.2, 0.25) is 0 Å². The van der Waals surface area contributed by atoms with E-state index < -0.39 is 0 Å². The Morgan fingerprint density at radius 2 is 1.74 bits per heavy atom. The SMILES string of the molecule is COc1ccc(NC(=S)N/N=C(\C)c2ccc(C)c(C)c2)cc1. The van der Waals surface area contributed by atoms with Crippen LogP contribution in [0, 0.1) is 13.8 Å². The Balaban J connectivity index is 1.97. The molecule has 0 aromatic heterocycles. The van der Waals surface area contributed by atoms with E-state index in [0.29, 0.717) is 5.11 Å². The summed E-state index contributed by atoms with van der Waals surface area (Å²) in [6.07, 6.45) is 0. The van der Waals surface area contributed by atoms with Gasteiger partial charge in [0.05, 0.1) is 12.8 Å². The fourth-order valence-corrected chi connectivity index (χ4v) is 2.16. The summed E-state index contributed by atoms with van der Waals surface area (Å²) in [5, 5.41) is 7.85. The Morgan fingerprint density at radius 3 is 2.35 bits per heavy atom. The van der Waals surface area contributed by atoms with Crippen LogP contribution in [0.1, 0.15) is 23.6 Å². The van der Waals surface area contributed by atoms with Crippen LogP contribution >= 0.6 is 12.2 Å². The number of methoxy groups -OCH3 is 1. The fourth-order valence-electron chi connectivity index (χ4n) is 2.00. The lowest BCUT2D eigenvalue weighted by Crippen LogP contribution is -2.24. The molecular weight excluding hydrogens is 306 g/mol. The van der Waals surface area contributed by atoms with Gasteiger partial charge in [-0.25, -0.2) is 0 Å². The fraction of sp³-hybridized carbons (Fsp3) is 0.222. The number of hydrogen-bond acceptors (Lipinski definition) is 3. The molecule has 0 saturated heterocycles. The van der Waals surface area contributed by atoms with Crippen molar-refractivity contribution in [3.63, 3.8) is 0 Å². The van der Waals surface area contributed by atoms with Gasteiger partial charge in [-0.3, -0.25) is 5.43 Å². The van der Waals surface area contributed by atoms with E-state index in [0.717, 1.165) is 22.7 Å². The van der Waals surface area contributed by atoms with Gasteiger partial charge in [0.15, 0.2) is 5.11 Å². The number of hydrogen-bond donors (Lipinski definition) is 2. The molecule has 0 aliphatic carbocycles. The zero-order valence-electron chi connectivity index (χ0n) is 13.8. The minimum Gasteiger partial charge on any atom is -0.497 e. The molecule has 2 N–H and O–H groups in total. The summed E-state index contributed by atoms with van der Waals surface area (Å²) in [6, 6.07) is 13.8. The molecule has 0 amide bonds. The van der Waals surface area contributed by atoms with Crippen LogP contribution in [0.2, 0.25) is 0 Å². The zero-order valence-corrected chi connectivity index (χ0v) is 14.6. The van der Waals surface area contributed by atoms with Crippen molar-refractivity contribution < 1.29 is 4.74 Å². The summed E-state index contributed by atoms with van der Waals surface area (Å²) in [4.78, 5) is 0. The second kappa shape index (κ2) is 7.74. The second-order valence-corrected chi connectivity index (χ2v) is 5.70. The maximum atomic E-state index is 5.25. The van der Waals surface area contributed by atoms with Crippen LogP contribution in [0.5, 0.6) is 5.75 Å². The first-order valence-corrected chi connectivity index (χ1v) is 7.73. The van der Waals surface area contributed by atoms with Gasteiger partial charge in [0.1, 0.15) is 5.75 Å². The van der Waals surface area contributed by atoms with E-state index in [9.17, 15) is 0 Å². The maximum Gasteiger partial charge on any atom is 0.191 e. The number of hydrazone groups is 1. The monoisotopic (exact) mass is 327 g/mol. The van der Waals surface area contributed by atoms with Crippen molar-refractivity contribution in [3.8, 4) is 5.75 Å². The van der Waals surface area contributed by atoms with Crippen molar-refractivity contribution in [1.82, 2.24) is 5.43 Å². The van der Waals surface area contributed by atoms with Gasteiger partial charge in [0, 0.05) is 5.69 Å². The van der Waals surface area contributed by atoms with Crippen molar-refractivity contribution >= 4 is 28.7 Å². The van der Waals surface area contributed by atoms with E-state index in [4.69, 9.17) is 17.0 Å². The molecule has 0 heterocycles. The maximum absolute atomic E-state index is 5.25. The topological polar surface area (TPSA) is 45.6 Å². The van der Waals surface area contributed by atoms with Gasteiger partial charge >= 0.3 is 0 Å². The molecule has 0 fully saturated rings. The number of benzene rings is 2. The first kappa shape index (κ1) is 17.0. The highest BCUT2D eigenvalue weighted by atomic mass is 32.1. The van der Waals surface area contributed by atoms with E-state index in [1.807, 2.05) is 31.2 Å². The van der Waals surface area contributed by atoms with E-state index in [2.05, 4.69) is 47.9 Å². The Morgan fingerprint density at radius 1 is 1.04 bits per heavy atom. The Hall–Kier alpha value is -2.40. The van der Waals surface area contributed by atoms with Crippen LogP contribution in [-0.2, 0) is 0 Å². The molecule has 4 nitrogen and oxygen atoms in total. The second-order valence-electron chi connectivity index (χ2n) is 5.29. The van der Waals surface area contributed by atoms with Gasteiger partial charge in [-0.15, -0.1) is 0 Å². The third kappa shape index (κ3) is 4.79. The van der Waals surface area contributed by atoms with Gasteiger partial charge in [-0.2, -0.15) is 5.10 Å². The Bertz CT molecular complexity index is 724. The van der Waals surface area contributed by atoms with E-state index in [-0.39, 0.29) is 0 Å². The number of anilines is 1. The lowest BCUT2D eigenvalue weighted by atomic mass is 10.0. The number of rotatable bonds is 4. The lowest BCUT2D eigenvalue weighted by molar-refractivity contribution is 0.415. The molecular formula is C18H21N3OS. The molecule has 120 valence electrons. The van der Waals surface area contributed by atoms with Crippen LogP contribution in [0.4, 0.5) is 5.69 Å². The first-order valence-electron chi connectivity index (χ1n) is 7.32. The van der Waals surface area contributed by atoms with Crippen molar-refractivity contribution in [3.05, 3.63) is 59.2 Å². The smallest absolute Gasteiger partial charge is 0.191 e. The van der Waals surface area contributed by atoms with E-state index in [1.165, 1.54) is 11.1 Å². The Labute approximate surface area is 142 Å². The highest BCUT2D eigenvalue weighted by Gasteiger charge is 2.01. The van der Waals surface area contributed by atoms with Crippen LogP contribution in [-0.4, -0.2) is 17.9 Å². The standard InChI is InChI=1S/C18H21N3OS/c1-12-5-6-15(11-13(12)2)14(3)20-21-18(23)19-16-7-9-17(22-4)10-8-16/h5-11H,1-4H3,(H2,19,21,23)/b20-14+. The highest BCUT2D eigenvalue weighted by molar-refractivity contribution is 7.80. The molecule has 0 atom stereocenters. The van der Waals surface area contributed by atoms with Crippen LogP contribution in [0.3, 0.4) is 0 Å². The molecule has 0 saturated carbocycles. The predicted octanol–water partition coefficient (Wildman–Crippen LogP) is 4.02. The molecule has 2 aromatic carbocycles. The number of aryl methyl sites for hydroxylation is 2. The number of nitrogens with one attached hydrogen (secondary N) is 2. The largest absolute Gasteiger partial charge is 0.497 e. The van der Waals surface area contributed by atoms with Gasteiger partial charge in [-0.1, -0.05) is 12.1 Å². The third-order valence-electron chi connectivity index (χ3n) is 3.60. The van der Waals surface area contributed by atoms with Crippen LogP contribution < -0.4 is 15.5 Å². The molecule has 0 aliphatic heterocycles. The summed E-state index contributed by atoms with van der Waals surface area (Å²) >= 11 is 5.25. The quantitative estimate of drug-likeness (QED) is 0.506. The molecule has 0 aliphatic rings. The summed E-state index contributed by atoms with van der Waals surface area (Å²) in [6.45, 7) is 6.14. The van der Waals surface area contributed by atoms with Crippen molar-refractivity contribution in [2.75, 3.05) is 12.4 Å². The number of ether oxygens (including phenoxy) is 1. The molecule has 0 spiro atoms. The molecule has 2 rings (SSSR count). The molecule has 0 bridgehead atoms. The van der Waals surface area contributed by atoms with Gasteiger partial charge in [0.25, 0.3) is 0 Å². The predicted molar refractivity (Wildman–Crippen MR) is 100 cm³/mol. The van der Waals surface area contributed by atoms with Crippen LogP contribution in [0.25, 0.3) is 0 Å². The van der Waals surface area contributed by atoms with E-state index >= 15 is 0 Å². The molecule has 0 unspecified atom stereocenters. The first-order chi connectivity index (χ1) is 11.0. The minimum atomic E-state index is 0.443. The number of thiocarbonyl (C=S) groups is 1. The normalized spacial score (nSPS) is 11.0.